The summed E-state index contributed by atoms with van der Waals surface area (Å²) in [5.41, 5.74) is 0. The van der Waals surface area contributed by atoms with Crippen molar-refractivity contribution >= 4 is 18.9 Å². The van der Waals surface area contributed by atoms with E-state index in [2.05, 4.69) is 0 Å². The summed E-state index contributed by atoms with van der Waals surface area (Å²) in [4.78, 5) is 27.6. The number of esters is 1. The Morgan fingerprint density at radius 1 is 1.32 bits per heavy atom. The van der Waals surface area contributed by atoms with Crippen LogP contribution in [0.25, 0.3) is 0 Å². The van der Waals surface area contributed by atoms with Gasteiger partial charge in [-0.05, 0) is 26.1 Å². The van der Waals surface area contributed by atoms with Crippen molar-refractivity contribution in [2.45, 2.75) is 32.1 Å². The molecule has 0 aromatic carbocycles. The van der Waals surface area contributed by atoms with Gasteiger partial charge in [-0.25, -0.2) is 0 Å². The molecule has 0 unspecified atom stereocenters. The summed E-state index contributed by atoms with van der Waals surface area (Å²) in [6, 6.07) is -0.512. The Balaban J connectivity index is 2.04. The molecule has 2 fully saturated rings. The van der Waals surface area contributed by atoms with E-state index in [9.17, 15) is 14.6 Å². The molecule has 7 heteroatoms. The summed E-state index contributed by atoms with van der Waals surface area (Å²) in [6.45, 7) is 3.66. The van der Waals surface area contributed by atoms with Crippen molar-refractivity contribution < 1.29 is 19.3 Å². The normalized spacial score (nSPS) is 27.6. The van der Waals surface area contributed by atoms with Crippen LogP contribution in [-0.4, -0.2) is 66.4 Å². The van der Waals surface area contributed by atoms with Gasteiger partial charge in [0, 0.05) is 19.6 Å². The number of methoxy groups -OCH3 is 1. The first kappa shape index (κ1) is 14.3. The lowest BCUT2D eigenvalue weighted by molar-refractivity contribution is -0.144. The summed E-state index contributed by atoms with van der Waals surface area (Å²) in [5.74, 6) is -0.482. The Kier molecular flexibility index (Phi) is 4.47. The average Bonchev–Trinajstić information content (AvgIpc) is 3.05. The molecular weight excluding hydrogens is 247 g/mol. The van der Waals surface area contributed by atoms with Crippen molar-refractivity contribution in [3.05, 3.63) is 0 Å². The lowest BCUT2D eigenvalue weighted by atomic mass is 9.84. The van der Waals surface area contributed by atoms with E-state index in [0.29, 0.717) is 13.0 Å². The van der Waals surface area contributed by atoms with Gasteiger partial charge in [0.25, 0.3) is 0 Å². The van der Waals surface area contributed by atoms with Crippen LogP contribution in [0.2, 0.25) is 6.82 Å². The molecule has 2 aliphatic heterocycles. The van der Waals surface area contributed by atoms with Crippen LogP contribution in [-0.2, 0) is 14.3 Å². The fraction of sp³-hybridized carbons (Fsp3) is 0.833. The van der Waals surface area contributed by atoms with Crippen LogP contribution in [0.4, 0.5) is 0 Å². The first-order chi connectivity index (χ1) is 9.04. The maximum Gasteiger partial charge on any atom is 0.377 e. The summed E-state index contributed by atoms with van der Waals surface area (Å²) in [5, 5.41) is 9.73. The Labute approximate surface area is 113 Å². The lowest BCUT2D eigenvalue weighted by Gasteiger charge is -2.23. The maximum absolute atomic E-state index is 12.3. The highest BCUT2D eigenvalue weighted by Gasteiger charge is 2.44. The van der Waals surface area contributed by atoms with E-state index in [4.69, 9.17) is 4.74 Å². The number of nitrogens with zero attached hydrogens (tertiary/aromatic N) is 2. The number of hydrogen-bond donors (Lipinski definition) is 1. The van der Waals surface area contributed by atoms with Crippen molar-refractivity contribution in [2.24, 2.45) is 5.92 Å². The SMILES string of the molecule is COC(=O)[C@H]1C[C@@H](C(=O)N2CCCC2)CN1B(C)O. The third kappa shape index (κ3) is 2.92. The van der Waals surface area contributed by atoms with Crippen molar-refractivity contribution in [1.29, 1.82) is 0 Å². The molecule has 0 saturated carbocycles. The molecular formula is C12H21BN2O4. The summed E-state index contributed by atoms with van der Waals surface area (Å²) >= 11 is 0. The molecule has 2 rings (SSSR count). The van der Waals surface area contributed by atoms with Crippen LogP contribution >= 0.6 is 0 Å². The Hall–Kier alpha value is -1.08. The van der Waals surface area contributed by atoms with Crippen molar-refractivity contribution in [2.75, 3.05) is 26.7 Å². The Morgan fingerprint density at radius 3 is 2.47 bits per heavy atom. The summed E-state index contributed by atoms with van der Waals surface area (Å²) in [7, 11) is 0.582. The topological polar surface area (TPSA) is 70.1 Å². The first-order valence-corrected chi connectivity index (χ1v) is 6.85. The predicted octanol–water partition coefficient (Wildman–Crippen LogP) is -0.417. The standard InChI is InChI=1S/C12H21BN2O4/c1-13(18)15-8-9(7-10(15)12(17)19-2)11(16)14-5-3-4-6-14/h9-10,18H,3-8H2,1-2H3/t9-,10-/m1/s1. The number of carbonyl (C=O) groups is 2. The number of rotatable bonds is 3. The molecule has 2 heterocycles. The van der Waals surface area contributed by atoms with Gasteiger partial charge in [0.15, 0.2) is 0 Å². The molecule has 2 atom stereocenters. The van der Waals surface area contributed by atoms with E-state index in [1.807, 2.05) is 4.90 Å². The second kappa shape index (κ2) is 5.92. The van der Waals surface area contributed by atoms with Crippen LogP contribution in [0.3, 0.4) is 0 Å². The van der Waals surface area contributed by atoms with Crippen molar-refractivity contribution in [3.8, 4) is 0 Å². The molecule has 0 aliphatic carbocycles. The maximum atomic E-state index is 12.3. The predicted molar refractivity (Wildman–Crippen MR) is 70.3 cm³/mol. The highest BCUT2D eigenvalue weighted by molar-refractivity contribution is 6.45. The first-order valence-electron chi connectivity index (χ1n) is 6.85. The second-order valence-corrected chi connectivity index (χ2v) is 5.33. The zero-order valence-electron chi connectivity index (χ0n) is 11.5. The fourth-order valence-electron chi connectivity index (χ4n) is 3.02. The molecule has 2 saturated heterocycles. The van der Waals surface area contributed by atoms with E-state index >= 15 is 0 Å². The average molecular weight is 268 g/mol. The van der Waals surface area contributed by atoms with E-state index < -0.39 is 13.1 Å². The Morgan fingerprint density at radius 2 is 1.95 bits per heavy atom. The van der Waals surface area contributed by atoms with E-state index in [1.54, 1.807) is 11.6 Å². The van der Waals surface area contributed by atoms with Crippen molar-refractivity contribution in [3.63, 3.8) is 0 Å². The molecule has 1 N–H and O–H groups in total. The van der Waals surface area contributed by atoms with Gasteiger partial charge in [-0.1, -0.05) is 0 Å². The van der Waals surface area contributed by atoms with E-state index in [0.717, 1.165) is 25.9 Å². The third-order valence-electron chi connectivity index (χ3n) is 4.06. The molecule has 0 bridgehead atoms. The molecule has 2 aliphatic rings. The molecule has 6 nitrogen and oxygen atoms in total. The van der Waals surface area contributed by atoms with Gasteiger partial charge in [-0.15, -0.1) is 0 Å². The van der Waals surface area contributed by atoms with Crippen LogP contribution < -0.4 is 0 Å². The minimum atomic E-state index is -0.750. The van der Waals surface area contributed by atoms with Gasteiger partial charge in [-0.3, -0.25) is 9.59 Å². The number of carbonyl (C=O) groups excluding carboxylic acids is 2. The van der Waals surface area contributed by atoms with Gasteiger partial charge in [-0.2, -0.15) is 0 Å². The molecule has 0 aromatic heterocycles. The van der Waals surface area contributed by atoms with Crippen LogP contribution in [0.5, 0.6) is 0 Å². The van der Waals surface area contributed by atoms with E-state index in [1.165, 1.54) is 7.11 Å². The molecule has 1 amide bonds. The van der Waals surface area contributed by atoms with Crippen LogP contribution in [0.1, 0.15) is 19.3 Å². The highest BCUT2D eigenvalue weighted by Crippen LogP contribution is 2.27. The van der Waals surface area contributed by atoms with E-state index in [-0.39, 0.29) is 17.8 Å². The largest absolute Gasteiger partial charge is 0.468 e. The van der Waals surface area contributed by atoms with Crippen LogP contribution in [0.15, 0.2) is 0 Å². The fourth-order valence-corrected chi connectivity index (χ4v) is 3.02. The van der Waals surface area contributed by atoms with Gasteiger partial charge in [0.1, 0.15) is 6.04 Å². The van der Waals surface area contributed by atoms with Gasteiger partial charge >= 0.3 is 13.0 Å². The minimum Gasteiger partial charge on any atom is -0.468 e. The zero-order chi connectivity index (χ0) is 14.0. The number of hydrogen-bond acceptors (Lipinski definition) is 5. The molecule has 0 spiro atoms. The highest BCUT2D eigenvalue weighted by atomic mass is 16.5. The zero-order valence-corrected chi connectivity index (χ0v) is 11.5. The number of likely N-dealkylation sites (tertiary alicyclic amines) is 1. The van der Waals surface area contributed by atoms with Crippen LogP contribution in [0, 0.1) is 5.92 Å². The quantitative estimate of drug-likeness (QED) is 0.556. The number of ether oxygens (including phenoxy) is 1. The summed E-state index contributed by atoms with van der Waals surface area (Å²) in [6.07, 6.45) is 2.55. The van der Waals surface area contributed by atoms with Gasteiger partial charge in [0.05, 0.1) is 13.0 Å². The van der Waals surface area contributed by atoms with Crippen molar-refractivity contribution in [1.82, 2.24) is 9.71 Å². The monoisotopic (exact) mass is 268 g/mol. The van der Waals surface area contributed by atoms with Gasteiger partial charge < -0.3 is 19.5 Å². The number of amides is 1. The Bertz CT molecular complexity index is 358. The smallest absolute Gasteiger partial charge is 0.377 e. The molecule has 19 heavy (non-hydrogen) atoms. The second-order valence-electron chi connectivity index (χ2n) is 5.33. The summed E-state index contributed by atoms with van der Waals surface area (Å²) < 4.78 is 4.75. The molecule has 0 aromatic rings. The van der Waals surface area contributed by atoms with Gasteiger partial charge in [0.2, 0.25) is 5.91 Å². The lowest BCUT2D eigenvalue weighted by Crippen LogP contribution is -2.45. The third-order valence-corrected chi connectivity index (χ3v) is 4.06. The molecule has 0 radical (unpaired) electrons. The minimum absolute atomic E-state index is 0.106. The molecule has 106 valence electrons.